The summed E-state index contributed by atoms with van der Waals surface area (Å²) >= 11 is 2.16. The topological polar surface area (TPSA) is 0 Å². The molecule has 0 amide bonds. The molecule has 0 heterocycles. The van der Waals surface area contributed by atoms with E-state index in [1.807, 2.05) is 0 Å². The lowest BCUT2D eigenvalue weighted by atomic mass is 10.1. The van der Waals surface area contributed by atoms with Crippen molar-refractivity contribution in [2.75, 3.05) is 0 Å². The summed E-state index contributed by atoms with van der Waals surface area (Å²) in [4.78, 5) is 1.62. The number of hydrogen-bond donors (Lipinski definition) is 0. The fraction of sp³-hybridized carbons (Fsp3) is 0.833. The Bertz CT molecular complexity index is 177. The molecule has 0 rings (SSSR count). The van der Waals surface area contributed by atoms with Gasteiger partial charge in [0.1, 0.15) is 7.22 Å². The van der Waals surface area contributed by atoms with E-state index in [2.05, 4.69) is 57.7 Å². The highest BCUT2D eigenvalue weighted by atomic mass is 32.4. The highest BCUT2D eigenvalue weighted by molar-refractivity contribution is 8.31. The predicted molar refractivity (Wildman–Crippen MR) is 73.4 cm³/mol. The van der Waals surface area contributed by atoms with Gasteiger partial charge in [0.2, 0.25) is 0 Å². The molecule has 0 atom stereocenters. The van der Waals surface area contributed by atoms with Gasteiger partial charge in [-0.2, -0.15) is 11.2 Å². The molecule has 14 heavy (non-hydrogen) atoms. The van der Waals surface area contributed by atoms with Crippen molar-refractivity contribution in [1.29, 1.82) is 0 Å². The minimum Gasteiger partial charge on any atom is -0.156 e. The zero-order valence-electron chi connectivity index (χ0n) is 10.7. The van der Waals surface area contributed by atoms with Crippen LogP contribution in [-0.4, -0.2) is 7.22 Å². The Hall–Kier alpha value is 0.307. The summed E-state index contributed by atoms with van der Waals surface area (Å²) < 4.78 is 0. The first-order valence-corrected chi connectivity index (χ1v) is 10.8. The van der Waals surface area contributed by atoms with E-state index in [1.165, 1.54) is 19.3 Å². The molecular weight excluding hydrogens is 204 g/mol. The lowest BCUT2D eigenvalue weighted by Gasteiger charge is -2.20. The molecular formula is C12H26SSi. The van der Waals surface area contributed by atoms with E-state index in [0.717, 1.165) is 0 Å². The zero-order chi connectivity index (χ0) is 11.2. The van der Waals surface area contributed by atoms with Crippen LogP contribution in [-0.2, 0) is 0 Å². The van der Waals surface area contributed by atoms with Crippen LogP contribution in [0.3, 0.4) is 0 Å². The van der Waals surface area contributed by atoms with Crippen LogP contribution in [0.4, 0.5) is 0 Å². The second-order valence-corrected chi connectivity index (χ2v) is 14.3. The third-order valence-electron chi connectivity index (χ3n) is 1.90. The molecule has 84 valence electrons. The maximum absolute atomic E-state index is 2.47. The van der Waals surface area contributed by atoms with Gasteiger partial charge in [0, 0.05) is 0 Å². The van der Waals surface area contributed by atoms with Gasteiger partial charge < -0.3 is 0 Å². The lowest BCUT2D eigenvalue weighted by molar-refractivity contribution is 0.780. The van der Waals surface area contributed by atoms with E-state index in [4.69, 9.17) is 0 Å². The van der Waals surface area contributed by atoms with Gasteiger partial charge in [-0.25, -0.2) is 0 Å². The maximum atomic E-state index is 2.47. The monoisotopic (exact) mass is 230 g/mol. The average Bonchev–Trinajstić information content (AvgIpc) is 2.00. The van der Waals surface area contributed by atoms with Crippen LogP contribution < -0.4 is 0 Å². The van der Waals surface area contributed by atoms with Gasteiger partial charge in [-0.1, -0.05) is 59.3 Å². The number of allylic oxidation sites excluding steroid dienone is 2. The largest absolute Gasteiger partial charge is 0.156 e. The summed E-state index contributed by atoms with van der Waals surface area (Å²) in [6.07, 6.45) is 6.38. The highest BCUT2D eigenvalue weighted by Crippen LogP contribution is 2.33. The van der Waals surface area contributed by atoms with Gasteiger partial charge in [-0.3, -0.25) is 0 Å². The Morgan fingerprint density at radius 1 is 1.29 bits per heavy atom. The molecule has 0 radical (unpaired) electrons. The minimum absolute atomic E-state index is 0.712. The number of unbranched alkanes of at least 4 members (excludes halogenated alkanes) is 2. The molecule has 0 fully saturated rings. The molecule has 0 aromatic carbocycles. The van der Waals surface area contributed by atoms with E-state index in [0.29, 0.717) is 5.92 Å². The minimum atomic E-state index is -0.995. The van der Waals surface area contributed by atoms with Crippen LogP contribution >= 0.6 is 11.2 Å². The summed E-state index contributed by atoms with van der Waals surface area (Å²) in [5.74, 6) is 0.712. The van der Waals surface area contributed by atoms with Crippen LogP contribution in [0.2, 0.25) is 19.6 Å². The Labute approximate surface area is 95.2 Å². The van der Waals surface area contributed by atoms with Crippen molar-refractivity contribution >= 4 is 18.4 Å². The zero-order valence-corrected chi connectivity index (χ0v) is 12.5. The third kappa shape index (κ3) is 7.69. The molecule has 0 unspecified atom stereocenters. The van der Waals surface area contributed by atoms with Crippen molar-refractivity contribution < 1.29 is 0 Å². The van der Waals surface area contributed by atoms with Crippen molar-refractivity contribution in [3.8, 4) is 0 Å². The quantitative estimate of drug-likeness (QED) is 0.441. The second-order valence-electron chi connectivity index (χ2n) is 5.12. The van der Waals surface area contributed by atoms with Crippen molar-refractivity contribution in [2.24, 2.45) is 5.92 Å². The van der Waals surface area contributed by atoms with E-state index >= 15 is 0 Å². The standard InChI is InChI=1S/C12H26SSi/c1-7-8-9-10-12(11(2)3)13-14(4,5)6/h10-11H,7-9H2,1-6H3/b12-10-. The molecule has 0 aliphatic carbocycles. The SMILES string of the molecule is CCCC/C=C(\S[Si](C)(C)C)C(C)C. The van der Waals surface area contributed by atoms with Gasteiger partial charge in [0.05, 0.1) is 0 Å². The molecule has 0 aliphatic heterocycles. The Morgan fingerprint density at radius 3 is 2.21 bits per heavy atom. The van der Waals surface area contributed by atoms with E-state index in [1.54, 1.807) is 4.91 Å². The van der Waals surface area contributed by atoms with E-state index < -0.39 is 7.22 Å². The van der Waals surface area contributed by atoms with Crippen molar-refractivity contribution in [3.63, 3.8) is 0 Å². The molecule has 0 bridgehead atoms. The lowest BCUT2D eigenvalue weighted by Crippen LogP contribution is -2.15. The van der Waals surface area contributed by atoms with Crippen LogP contribution in [0.25, 0.3) is 0 Å². The summed E-state index contributed by atoms with van der Waals surface area (Å²) in [6.45, 7) is 14.2. The summed E-state index contributed by atoms with van der Waals surface area (Å²) in [7, 11) is -0.995. The summed E-state index contributed by atoms with van der Waals surface area (Å²) in [6, 6.07) is 0. The molecule has 0 nitrogen and oxygen atoms in total. The average molecular weight is 230 g/mol. The predicted octanol–water partition coefficient (Wildman–Crippen LogP) is 5.28. The molecule has 0 saturated heterocycles. The highest BCUT2D eigenvalue weighted by Gasteiger charge is 2.17. The number of hydrogen-bond acceptors (Lipinski definition) is 1. The molecule has 0 aliphatic rings. The first-order chi connectivity index (χ1) is 6.37. The van der Waals surface area contributed by atoms with Gasteiger partial charge in [-0.05, 0) is 17.2 Å². The summed E-state index contributed by atoms with van der Waals surface area (Å²) in [5, 5.41) is 0. The number of rotatable bonds is 6. The van der Waals surface area contributed by atoms with Crippen molar-refractivity contribution in [3.05, 3.63) is 11.0 Å². The Balaban J connectivity index is 4.22. The van der Waals surface area contributed by atoms with Gasteiger partial charge in [-0.15, -0.1) is 0 Å². The van der Waals surface area contributed by atoms with Gasteiger partial charge in [0.25, 0.3) is 0 Å². The molecule has 0 saturated carbocycles. The second kappa shape index (κ2) is 6.73. The van der Waals surface area contributed by atoms with Gasteiger partial charge in [0.15, 0.2) is 0 Å². The van der Waals surface area contributed by atoms with Crippen LogP contribution in [0, 0.1) is 5.92 Å². The fourth-order valence-corrected chi connectivity index (χ4v) is 5.42. The van der Waals surface area contributed by atoms with Crippen LogP contribution in [0.1, 0.15) is 40.0 Å². The fourth-order valence-electron chi connectivity index (χ4n) is 1.20. The molecule has 0 aromatic heterocycles. The molecule has 0 spiro atoms. The smallest absolute Gasteiger partial charge is 0.114 e. The molecule has 2 heteroatoms. The first-order valence-electron chi connectivity index (χ1n) is 5.76. The van der Waals surface area contributed by atoms with Crippen molar-refractivity contribution in [2.45, 2.75) is 59.7 Å². The van der Waals surface area contributed by atoms with E-state index in [-0.39, 0.29) is 0 Å². The van der Waals surface area contributed by atoms with Crippen LogP contribution in [0.15, 0.2) is 11.0 Å². The maximum Gasteiger partial charge on any atom is 0.114 e. The van der Waals surface area contributed by atoms with Crippen molar-refractivity contribution in [1.82, 2.24) is 0 Å². The Morgan fingerprint density at radius 2 is 1.86 bits per heavy atom. The molecule has 0 N–H and O–H groups in total. The molecule has 0 aromatic rings. The first kappa shape index (κ1) is 14.3. The van der Waals surface area contributed by atoms with Crippen LogP contribution in [0.5, 0.6) is 0 Å². The Kier molecular flexibility index (Phi) is 6.88. The van der Waals surface area contributed by atoms with Gasteiger partial charge >= 0.3 is 0 Å². The van der Waals surface area contributed by atoms with E-state index in [9.17, 15) is 0 Å². The third-order valence-corrected chi connectivity index (χ3v) is 5.93. The summed E-state index contributed by atoms with van der Waals surface area (Å²) in [5.41, 5.74) is 0. The normalized spacial score (nSPS) is 13.8.